The minimum Gasteiger partial charge on any atom is -0.352 e. The maximum atomic E-state index is 5.61. The van der Waals surface area contributed by atoms with Crippen LogP contribution in [0.3, 0.4) is 0 Å². The normalized spacial score (nSPS) is 28.7. The zero-order chi connectivity index (χ0) is 10.6. The fourth-order valence-corrected chi connectivity index (χ4v) is 2.17. The fourth-order valence-electron chi connectivity index (χ4n) is 2.17. The molecule has 2 heteroatoms. The Hall–Kier alpha value is -0.0800. The summed E-state index contributed by atoms with van der Waals surface area (Å²) >= 11 is 0. The van der Waals surface area contributed by atoms with Gasteiger partial charge in [-0.1, -0.05) is 26.7 Å². The van der Waals surface area contributed by atoms with Gasteiger partial charge in [0.05, 0.1) is 11.7 Å². The molecule has 2 unspecified atom stereocenters. The van der Waals surface area contributed by atoms with Crippen LogP contribution in [0.2, 0.25) is 0 Å². The van der Waals surface area contributed by atoms with E-state index >= 15 is 0 Å². The topological polar surface area (TPSA) is 18.5 Å². The Morgan fingerprint density at radius 3 is 2.71 bits per heavy atom. The van der Waals surface area contributed by atoms with Crippen molar-refractivity contribution in [2.75, 3.05) is 6.79 Å². The molecule has 0 N–H and O–H groups in total. The van der Waals surface area contributed by atoms with Gasteiger partial charge in [0.2, 0.25) is 0 Å². The molecule has 0 bridgehead atoms. The maximum absolute atomic E-state index is 5.61. The number of hydrogen-bond acceptors (Lipinski definition) is 2. The third-order valence-corrected chi connectivity index (χ3v) is 2.92. The van der Waals surface area contributed by atoms with E-state index in [-0.39, 0.29) is 5.60 Å². The lowest BCUT2D eigenvalue weighted by atomic mass is 9.91. The molecule has 1 rings (SSSR count). The minimum atomic E-state index is 0.00878. The van der Waals surface area contributed by atoms with Crippen LogP contribution >= 0.6 is 0 Å². The third kappa shape index (κ3) is 3.97. The zero-order valence-corrected chi connectivity index (χ0v) is 10.0. The predicted molar refractivity (Wildman–Crippen MR) is 58.2 cm³/mol. The van der Waals surface area contributed by atoms with Crippen molar-refractivity contribution in [3.05, 3.63) is 0 Å². The molecule has 14 heavy (non-hydrogen) atoms. The molecule has 0 amide bonds. The number of hydrogen-bond donors (Lipinski definition) is 0. The highest BCUT2D eigenvalue weighted by Gasteiger charge is 2.30. The first-order chi connectivity index (χ1) is 6.53. The number of ether oxygens (including phenoxy) is 2. The zero-order valence-electron chi connectivity index (χ0n) is 10.0. The summed E-state index contributed by atoms with van der Waals surface area (Å²) in [6, 6.07) is 0. The molecule has 0 aromatic heterocycles. The third-order valence-electron chi connectivity index (χ3n) is 2.92. The summed E-state index contributed by atoms with van der Waals surface area (Å²) in [5.74, 6) is 0.777. The highest BCUT2D eigenvalue weighted by atomic mass is 16.7. The van der Waals surface area contributed by atoms with Gasteiger partial charge in [-0.15, -0.1) is 0 Å². The van der Waals surface area contributed by atoms with Crippen molar-refractivity contribution < 1.29 is 9.47 Å². The Kier molecular flexibility index (Phi) is 4.39. The molecule has 0 saturated carbocycles. The van der Waals surface area contributed by atoms with Gasteiger partial charge in [0, 0.05) is 6.42 Å². The molecule has 0 aromatic rings. The lowest BCUT2D eigenvalue weighted by molar-refractivity contribution is -0.213. The highest BCUT2D eigenvalue weighted by Crippen LogP contribution is 2.28. The first-order valence-electron chi connectivity index (χ1n) is 5.79. The van der Waals surface area contributed by atoms with Crippen LogP contribution in [0.4, 0.5) is 0 Å². The molecule has 1 heterocycles. The van der Waals surface area contributed by atoms with E-state index in [0.29, 0.717) is 12.9 Å². The van der Waals surface area contributed by atoms with Gasteiger partial charge < -0.3 is 9.47 Å². The first-order valence-corrected chi connectivity index (χ1v) is 5.79. The lowest BCUT2D eigenvalue weighted by Gasteiger charge is -2.36. The van der Waals surface area contributed by atoms with Crippen LogP contribution in [0.5, 0.6) is 0 Å². The summed E-state index contributed by atoms with van der Waals surface area (Å²) in [6.45, 7) is 9.32. The van der Waals surface area contributed by atoms with Gasteiger partial charge in [0.15, 0.2) is 0 Å². The van der Waals surface area contributed by atoms with Gasteiger partial charge in [-0.2, -0.15) is 0 Å². The molecule has 84 valence electrons. The van der Waals surface area contributed by atoms with Gasteiger partial charge >= 0.3 is 0 Å². The van der Waals surface area contributed by atoms with Crippen LogP contribution < -0.4 is 0 Å². The van der Waals surface area contributed by atoms with E-state index < -0.39 is 0 Å². The summed E-state index contributed by atoms with van der Waals surface area (Å²) in [5, 5.41) is 0. The summed E-state index contributed by atoms with van der Waals surface area (Å²) in [6.07, 6.45) is 5.19. The lowest BCUT2D eigenvalue weighted by Crippen LogP contribution is -2.39. The molecule has 1 saturated heterocycles. The fraction of sp³-hybridized carbons (Fsp3) is 1.00. The van der Waals surface area contributed by atoms with E-state index in [1.54, 1.807) is 0 Å². The van der Waals surface area contributed by atoms with Gasteiger partial charge in [-0.25, -0.2) is 0 Å². The standard InChI is InChI=1S/C12H24O2/c1-5-6-10(2)7-11-8-12(3,4)14-9-13-11/h10-11H,5-9H2,1-4H3. The molecule has 1 aliphatic rings. The van der Waals surface area contributed by atoms with E-state index in [2.05, 4.69) is 27.7 Å². The SMILES string of the molecule is CCCC(C)CC1CC(C)(C)OCO1. The van der Waals surface area contributed by atoms with Crippen molar-refractivity contribution in [1.82, 2.24) is 0 Å². The molecule has 2 nitrogen and oxygen atoms in total. The Morgan fingerprint density at radius 1 is 1.43 bits per heavy atom. The Morgan fingerprint density at radius 2 is 2.14 bits per heavy atom. The van der Waals surface area contributed by atoms with Crippen LogP contribution in [-0.2, 0) is 9.47 Å². The van der Waals surface area contributed by atoms with Crippen LogP contribution in [0.25, 0.3) is 0 Å². The quantitative estimate of drug-likeness (QED) is 0.693. The van der Waals surface area contributed by atoms with Crippen LogP contribution in [0.15, 0.2) is 0 Å². The molecular weight excluding hydrogens is 176 g/mol. The summed E-state index contributed by atoms with van der Waals surface area (Å²) in [7, 11) is 0. The predicted octanol–water partition coefficient (Wildman–Crippen LogP) is 3.35. The molecular formula is C12H24O2. The molecule has 1 aliphatic heterocycles. The van der Waals surface area contributed by atoms with E-state index in [1.165, 1.54) is 19.3 Å². The number of rotatable bonds is 4. The van der Waals surface area contributed by atoms with E-state index in [9.17, 15) is 0 Å². The highest BCUT2D eigenvalue weighted by molar-refractivity contribution is 4.78. The average molecular weight is 200 g/mol. The average Bonchev–Trinajstić information content (AvgIpc) is 2.02. The summed E-state index contributed by atoms with van der Waals surface area (Å²) in [5.41, 5.74) is 0.00878. The molecule has 0 aromatic carbocycles. The van der Waals surface area contributed by atoms with Crippen LogP contribution in [-0.4, -0.2) is 18.5 Å². The van der Waals surface area contributed by atoms with Crippen molar-refractivity contribution in [1.29, 1.82) is 0 Å². The van der Waals surface area contributed by atoms with Crippen LogP contribution in [0, 0.1) is 5.92 Å². The first kappa shape index (κ1) is 12.0. The van der Waals surface area contributed by atoms with Gasteiger partial charge in [-0.3, -0.25) is 0 Å². The molecule has 0 radical (unpaired) electrons. The van der Waals surface area contributed by atoms with Crippen molar-refractivity contribution in [2.24, 2.45) is 5.92 Å². The Labute approximate surface area is 88.0 Å². The molecule has 0 aliphatic carbocycles. The molecule has 2 atom stereocenters. The second-order valence-corrected chi connectivity index (χ2v) is 5.14. The maximum Gasteiger partial charge on any atom is 0.147 e. The Balaban J connectivity index is 2.30. The van der Waals surface area contributed by atoms with Crippen LogP contribution in [0.1, 0.15) is 53.4 Å². The van der Waals surface area contributed by atoms with Crippen molar-refractivity contribution in [3.8, 4) is 0 Å². The smallest absolute Gasteiger partial charge is 0.147 e. The van der Waals surface area contributed by atoms with E-state index in [1.807, 2.05) is 0 Å². The largest absolute Gasteiger partial charge is 0.352 e. The van der Waals surface area contributed by atoms with E-state index in [4.69, 9.17) is 9.47 Å². The Bertz CT molecular complexity index is 166. The van der Waals surface area contributed by atoms with Gasteiger partial charge in [0.1, 0.15) is 6.79 Å². The second kappa shape index (κ2) is 5.13. The monoisotopic (exact) mass is 200 g/mol. The van der Waals surface area contributed by atoms with E-state index in [0.717, 1.165) is 12.3 Å². The van der Waals surface area contributed by atoms with Crippen molar-refractivity contribution >= 4 is 0 Å². The second-order valence-electron chi connectivity index (χ2n) is 5.14. The molecule has 0 spiro atoms. The molecule has 1 fully saturated rings. The summed E-state index contributed by atoms with van der Waals surface area (Å²) in [4.78, 5) is 0. The van der Waals surface area contributed by atoms with Crippen molar-refractivity contribution in [3.63, 3.8) is 0 Å². The van der Waals surface area contributed by atoms with Gasteiger partial charge in [-0.05, 0) is 26.2 Å². The summed E-state index contributed by atoms with van der Waals surface area (Å²) < 4.78 is 11.1. The van der Waals surface area contributed by atoms with Gasteiger partial charge in [0.25, 0.3) is 0 Å². The van der Waals surface area contributed by atoms with Crippen molar-refractivity contribution in [2.45, 2.75) is 65.1 Å². The minimum absolute atomic E-state index is 0.00878.